The lowest BCUT2D eigenvalue weighted by molar-refractivity contribution is -0.121. The zero-order valence-corrected chi connectivity index (χ0v) is 8.31. The Morgan fingerprint density at radius 3 is 2.92 bits per heavy atom. The van der Waals surface area contributed by atoms with Gasteiger partial charge in [-0.25, -0.2) is 0 Å². The van der Waals surface area contributed by atoms with Crippen LogP contribution >= 0.6 is 23.2 Å². The van der Waals surface area contributed by atoms with Crippen LogP contribution in [0.15, 0.2) is 12.2 Å². The Morgan fingerprint density at radius 1 is 1.58 bits per heavy atom. The maximum absolute atomic E-state index is 11.3. The van der Waals surface area contributed by atoms with Gasteiger partial charge in [-0.2, -0.15) is 0 Å². The highest BCUT2D eigenvalue weighted by atomic mass is 35.5. The molecule has 0 aromatic carbocycles. The fourth-order valence-corrected chi connectivity index (χ4v) is 1.84. The number of hydrogen-bond donors (Lipinski definition) is 0. The Kier molecular flexibility index (Phi) is 4.10. The van der Waals surface area contributed by atoms with Gasteiger partial charge in [0.25, 0.3) is 0 Å². The van der Waals surface area contributed by atoms with Gasteiger partial charge in [0.15, 0.2) is 0 Å². The first-order valence-electron chi connectivity index (χ1n) is 4.13. The average Bonchev–Trinajstić information content (AvgIpc) is 2.05. The molecule has 0 N–H and O–H groups in total. The van der Waals surface area contributed by atoms with Crippen LogP contribution in [0.25, 0.3) is 0 Å². The highest BCUT2D eigenvalue weighted by Crippen LogP contribution is 2.23. The molecule has 0 amide bonds. The van der Waals surface area contributed by atoms with Crippen molar-refractivity contribution >= 4 is 29.0 Å². The average molecular weight is 207 g/mol. The minimum Gasteiger partial charge on any atom is -0.299 e. The Bertz CT molecular complexity index is 189. The third-order valence-corrected chi connectivity index (χ3v) is 2.57. The molecule has 1 rings (SSSR count). The van der Waals surface area contributed by atoms with E-state index in [4.69, 9.17) is 23.2 Å². The minimum atomic E-state index is 0.0139. The predicted octanol–water partition coefficient (Wildman–Crippen LogP) is 2.76. The molecule has 0 aromatic rings. The van der Waals surface area contributed by atoms with E-state index in [9.17, 15) is 4.79 Å². The van der Waals surface area contributed by atoms with E-state index in [1.165, 1.54) is 0 Å². The molecule has 1 aliphatic rings. The summed E-state index contributed by atoms with van der Waals surface area (Å²) in [5.41, 5.74) is 0. The SMILES string of the molecule is O=C(CCCl)C1C=CCC(Cl)C1. The molecule has 0 saturated heterocycles. The topological polar surface area (TPSA) is 17.1 Å². The summed E-state index contributed by atoms with van der Waals surface area (Å²) in [5.74, 6) is 0.641. The van der Waals surface area contributed by atoms with Crippen LogP contribution in [0, 0.1) is 5.92 Å². The number of allylic oxidation sites excluding steroid dienone is 2. The minimum absolute atomic E-state index is 0.0139. The predicted molar refractivity (Wildman–Crippen MR) is 51.8 cm³/mol. The molecule has 0 radical (unpaired) electrons. The molecule has 0 bridgehead atoms. The lowest BCUT2D eigenvalue weighted by atomic mass is 9.91. The summed E-state index contributed by atoms with van der Waals surface area (Å²) < 4.78 is 0. The molecule has 1 nitrogen and oxygen atoms in total. The molecule has 0 fully saturated rings. The largest absolute Gasteiger partial charge is 0.299 e. The fourth-order valence-electron chi connectivity index (χ4n) is 1.36. The number of Topliss-reactive ketones (excluding diaryl/α,β-unsaturated/α-hetero) is 1. The third-order valence-electron chi connectivity index (χ3n) is 2.02. The summed E-state index contributed by atoms with van der Waals surface area (Å²) in [5, 5.41) is 0.124. The van der Waals surface area contributed by atoms with E-state index in [-0.39, 0.29) is 17.1 Å². The van der Waals surface area contributed by atoms with Crippen molar-refractivity contribution < 1.29 is 4.79 Å². The second kappa shape index (κ2) is 4.88. The Hall–Kier alpha value is -0.0100. The van der Waals surface area contributed by atoms with Crippen molar-refractivity contribution in [3.63, 3.8) is 0 Å². The molecule has 0 aromatic heterocycles. The van der Waals surface area contributed by atoms with Crippen molar-refractivity contribution in [3.8, 4) is 0 Å². The zero-order valence-electron chi connectivity index (χ0n) is 6.80. The number of carbonyl (C=O) groups is 1. The molecular formula is C9H12Cl2O. The van der Waals surface area contributed by atoms with E-state index < -0.39 is 0 Å². The van der Waals surface area contributed by atoms with Gasteiger partial charge in [0, 0.05) is 23.6 Å². The summed E-state index contributed by atoms with van der Waals surface area (Å²) in [7, 11) is 0. The van der Waals surface area contributed by atoms with Crippen LogP contribution < -0.4 is 0 Å². The van der Waals surface area contributed by atoms with Gasteiger partial charge in [-0.3, -0.25) is 4.79 Å². The Labute approximate surface area is 82.7 Å². The van der Waals surface area contributed by atoms with E-state index >= 15 is 0 Å². The first-order valence-corrected chi connectivity index (χ1v) is 5.10. The zero-order chi connectivity index (χ0) is 8.97. The van der Waals surface area contributed by atoms with E-state index in [1.54, 1.807) is 0 Å². The summed E-state index contributed by atoms with van der Waals surface area (Å²) in [4.78, 5) is 11.3. The van der Waals surface area contributed by atoms with Crippen molar-refractivity contribution in [1.82, 2.24) is 0 Å². The van der Waals surface area contributed by atoms with Gasteiger partial charge < -0.3 is 0 Å². The highest BCUT2D eigenvalue weighted by molar-refractivity contribution is 6.21. The van der Waals surface area contributed by atoms with Crippen LogP contribution in [0.5, 0.6) is 0 Å². The highest BCUT2D eigenvalue weighted by Gasteiger charge is 2.21. The Balaban J connectivity index is 2.46. The summed E-state index contributed by atoms with van der Waals surface area (Å²) in [6, 6.07) is 0. The van der Waals surface area contributed by atoms with Gasteiger partial charge in [0.2, 0.25) is 0 Å². The Morgan fingerprint density at radius 2 is 2.33 bits per heavy atom. The molecule has 68 valence electrons. The summed E-state index contributed by atoms with van der Waals surface area (Å²) in [6.07, 6.45) is 6.05. The van der Waals surface area contributed by atoms with Crippen molar-refractivity contribution in [1.29, 1.82) is 0 Å². The van der Waals surface area contributed by atoms with Gasteiger partial charge in [0.1, 0.15) is 5.78 Å². The van der Waals surface area contributed by atoms with Crippen LogP contribution in [0.4, 0.5) is 0 Å². The third kappa shape index (κ3) is 2.80. The molecule has 0 saturated carbocycles. The number of ketones is 1. The van der Waals surface area contributed by atoms with Crippen LogP contribution in [-0.2, 0) is 4.79 Å². The number of carbonyl (C=O) groups excluding carboxylic acids is 1. The summed E-state index contributed by atoms with van der Waals surface area (Å²) in [6.45, 7) is 0. The van der Waals surface area contributed by atoms with Crippen LogP contribution in [0.1, 0.15) is 19.3 Å². The molecule has 2 atom stereocenters. The molecule has 0 heterocycles. The lowest BCUT2D eigenvalue weighted by Gasteiger charge is -2.18. The standard InChI is InChI=1S/C9H12Cl2O/c10-5-4-9(12)7-2-1-3-8(11)6-7/h1-2,7-8H,3-6H2. The second-order valence-corrected chi connectivity index (χ2v) is 4.00. The lowest BCUT2D eigenvalue weighted by Crippen LogP contribution is -2.19. The van der Waals surface area contributed by atoms with Gasteiger partial charge >= 0.3 is 0 Å². The molecular weight excluding hydrogens is 195 g/mol. The van der Waals surface area contributed by atoms with Crippen LogP contribution in [0.2, 0.25) is 0 Å². The maximum atomic E-state index is 11.3. The molecule has 0 spiro atoms. The monoisotopic (exact) mass is 206 g/mol. The van der Waals surface area contributed by atoms with Crippen molar-refractivity contribution in [2.75, 3.05) is 5.88 Å². The van der Waals surface area contributed by atoms with E-state index in [2.05, 4.69) is 0 Å². The van der Waals surface area contributed by atoms with Gasteiger partial charge in [-0.15, -0.1) is 23.2 Å². The van der Waals surface area contributed by atoms with E-state index in [0.717, 1.165) is 12.8 Å². The second-order valence-electron chi connectivity index (χ2n) is 3.01. The van der Waals surface area contributed by atoms with Gasteiger partial charge in [-0.05, 0) is 12.8 Å². The van der Waals surface area contributed by atoms with Crippen molar-refractivity contribution in [3.05, 3.63) is 12.2 Å². The van der Waals surface area contributed by atoms with E-state index in [0.29, 0.717) is 12.3 Å². The summed E-state index contributed by atoms with van der Waals surface area (Å²) >= 11 is 11.4. The number of hydrogen-bond acceptors (Lipinski definition) is 1. The quantitative estimate of drug-likeness (QED) is 0.513. The molecule has 2 unspecified atom stereocenters. The maximum Gasteiger partial charge on any atom is 0.140 e. The first kappa shape index (κ1) is 10.1. The van der Waals surface area contributed by atoms with Gasteiger partial charge in [-0.1, -0.05) is 12.2 Å². The normalized spacial score (nSPS) is 28.8. The van der Waals surface area contributed by atoms with Gasteiger partial charge in [0.05, 0.1) is 0 Å². The molecule has 0 aliphatic heterocycles. The first-order chi connectivity index (χ1) is 5.74. The number of alkyl halides is 2. The molecule has 1 aliphatic carbocycles. The van der Waals surface area contributed by atoms with Crippen LogP contribution in [0.3, 0.4) is 0 Å². The van der Waals surface area contributed by atoms with Crippen LogP contribution in [-0.4, -0.2) is 17.0 Å². The van der Waals surface area contributed by atoms with E-state index in [1.807, 2.05) is 12.2 Å². The van der Waals surface area contributed by atoms with Crippen molar-refractivity contribution in [2.45, 2.75) is 24.6 Å². The number of rotatable bonds is 3. The van der Waals surface area contributed by atoms with Crippen molar-refractivity contribution in [2.24, 2.45) is 5.92 Å². The molecule has 12 heavy (non-hydrogen) atoms. The molecule has 3 heteroatoms. The fraction of sp³-hybridized carbons (Fsp3) is 0.667. The number of halogens is 2. The smallest absolute Gasteiger partial charge is 0.140 e.